The number of hydrogen-bond donors (Lipinski definition) is 0. The highest BCUT2D eigenvalue weighted by molar-refractivity contribution is 7.18. The molecular weight excluding hydrogens is 292 g/mol. The van der Waals surface area contributed by atoms with Crippen molar-refractivity contribution in [3.05, 3.63) is 50.6 Å². The van der Waals surface area contributed by atoms with E-state index in [-0.39, 0.29) is 5.56 Å². The van der Waals surface area contributed by atoms with Gasteiger partial charge >= 0.3 is 0 Å². The lowest BCUT2D eigenvalue weighted by atomic mass is 9.89. The fourth-order valence-electron chi connectivity index (χ4n) is 3.85. The maximum Gasteiger partial charge on any atom is 0.282 e. The van der Waals surface area contributed by atoms with Gasteiger partial charge in [0.15, 0.2) is 0 Å². The van der Waals surface area contributed by atoms with E-state index in [1.165, 1.54) is 22.4 Å². The van der Waals surface area contributed by atoms with Crippen LogP contribution in [0.25, 0.3) is 21.6 Å². The molecule has 0 saturated carbocycles. The zero-order valence-corrected chi connectivity index (χ0v) is 13.2. The molecule has 1 atom stereocenters. The van der Waals surface area contributed by atoms with Gasteiger partial charge in [0.2, 0.25) is 0 Å². The van der Waals surface area contributed by atoms with Crippen molar-refractivity contribution in [2.75, 3.05) is 0 Å². The molecule has 0 spiro atoms. The van der Waals surface area contributed by atoms with Gasteiger partial charge in [-0.05, 0) is 36.3 Å². The molecule has 2 aliphatic rings. The molecule has 110 valence electrons. The maximum atomic E-state index is 12.6. The Labute approximate surface area is 132 Å². The molecule has 0 saturated heterocycles. The molecule has 1 aliphatic heterocycles. The van der Waals surface area contributed by atoms with Gasteiger partial charge in [0, 0.05) is 10.4 Å². The topological polar surface area (TPSA) is 34.9 Å². The van der Waals surface area contributed by atoms with E-state index < -0.39 is 0 Å². The highest BCUT2D eigenvalue weighted by Crippen LogP contribution is 2.40. The number of fused-ring (bicyclic) bond motifs is 7. The van der Waals surface area contributed by atoms with E-state index in [0.717, 1.165) is 46.9 Å². The number of rotatable bonds is 0. The molecule has 0 amide bonds. The van der Waals surface area contributed by atoms with Crippen LogP contribution in [0.5, 0.6) is 0 Å². The number of hydrogen-bond acceptors (Lipinski definition) is 3. The zero-order valence-electron chi connectivity index (χ0n) is 12.4. The van der Waals surface area contributed by atoms with E-state index in [0.29, 0.717) is 0 Å². The number of nitrogens with zero attached hydrogens (tertiary/aromatic N) is 2. The molecule has 0 bridgehead atoms. The summed E-state index contributed by atoms with van der Waals surface area (Å²) in [5.74, 6) is 1.57. The molecule has 0 radical (unpaired) electrons. The van der Waals surface area contributed by atoms with Gasteiger partial charge in [-0.3, -0.25) is 4.79 Å². The van der Waals surface area contributed by atoms with Gasteiger partial charge in [-0.1, -0.05) is 31.2 Å². The maximum absolute atomic E-state index is 12.6. The first-order valence-corrected chi connectivity index (χ1v) is 8.67. The second-order valence-electron chi connectivity index (χ2n) is 6.52. The monoisotopic (exact) mass is 308 g/mol. The zero-order chi connectivity index (χ0) is 14.8. The molecule has 3 heterocycles. The fraction of sp³-hybridized carbons (Fsp3) is 0.333. The molecule has 1 aliphatic carbocycles. The normalized spacial score (nSPS) is 19.0. The molecular formula is C18H16N2OS. The Kier molecular flexibility index (Phi) is 2.46. The van der Waals surface area contributed by atoms with Gasteiger partial charge in [0.25, 0.3) is 5.56 Å². The standard InChI is InChI=1S/C18H16N2OS/c1-10-6-7-13-14(8-10)22-18-15(13)17(21)19-16-12-5-3-2-4-11(12)9-20(16)18/h2-5,10H,6-9H2,1H3. The number of aromatic nitrogens is 2. The summed E-state index contributed by atoms with van der Waals surface area (Å²) in [5, 5.41) is 0.892. The predicted molar refractivity (Wildman–Crippen MR) is 89.6 cm³/mol. The first kappa shape index (κ1) is 12.6. The van der Waals surface area contributed by atoms with Crippen molar-refractivity contribution in [3.63, 3.8) is 0 Å². The van der Waals surface area contributed by atoms with Crippen molar-refractivity contribution in [3.8, 4) is 11.4 Å². The minimum absolute atomic E-state index is 0.0370. The number of thiophene rings is 1. The van der Waals surface area contributed by atoms with Crippen molar-refractivity contribution >= 4 is 21.6 Å². The van der Waals surface area contributed by atoms with E-state index in [1.807, 2.05) is 17.4 Å². The Morgan fingerprint density at radius 3 is 3.09 bits per heavy atom. The van der Waals surface area contributed by atoms with E-state index in [4.69, 9.17) is 0 Å². The average Bonchev–Trinajstić information content (AvgIpc) is 3.05. The average molecular weight is 308 g/mol. The van der Waals surface area contributed by atoms with Gasteiger partial charge in [0.05, 0.1) is 11.9 Å². The molecule has 5 rings (SSSR count). The van der Waals surface area contributed by atoms with Crippen LogP contribution in [0.4, 0.5) is 0 Å². The van der Waals surface area contributed by atoms with Crippen LogP contribution in [0.1, 0.15) is 29.3 Å². The molecule has 3 aromatic rings. The van der Waals surface area contributed by atoms with Crippen LogP contribution in [0.2, 0.25) is 0 Å². The highest BCUT2D eigenvalue weighted by atomic mass is 32.1. The minimum atomic E-state index is -0.0370. The molecule has 0 fully saturated rings. The van der Waals surface area contributed by atoms with E-state index in [1.54, 1.807) is 0 Å². The summed E-state index contributed by atoms with van der Waals surface area (Å²) in [5.41, 5.74) is 3.62. The van der Waals surface area contributed by atoms with Gasteiger partial charge in [0.1, 0.15) is 10.7 Å². The smallest absolute Gasteiger partial charge is 0.282 e. The second kappa shape index (κ2) is 4.29. The van der Waals surface area contributed by atoms with Crippen LogP contribution in [0.3, 0.4) is 0 Å². The summed E-state index contributed by atoms with van der Waals surface area (Å²) >= 11 is 1.82. The van der Waals surface area contributed by atoms with Crippen LogP contribution in [0, 0.1) is 5.92 Å². The first-order chi connectivity index (χ1) is 10.7. The van der Waals surface area contributed by atoms with Crippen molar-refractivity contribution in [2.24, 2.45) is 5.92 Å². The van der Waals surface area contributed by atoms with Gasteiger partial charge < -0.3 is 4.57 Å². The predicted octanol–water partition coefficient (Wildman–Crippen LogP) is 3.61. The minimum Gasteiger partial charge on any atom is -0.312 e. The third-order valence-corrected chi connectivity index (χ3v) is 6.28. The molecule has 2 aromatic heterocycles. The Morgan fingerprint density at radius 1 is 1.32 bits per heavy atom. The van der Waals surface area contributed by atoms with Crippen LogP contribution in [-0.4, -0.2) is 9.55 Å². The van der Waals surface area contributed by atoms with Gasteiger partial charge in [-0.2, -0.15) is 4.98 Å². The summed E-state index contributed by atoms with van der Waals surface area (Å²) in [4.78, 5) is 19.6. The summed E-state index contributed by atoms with van der Waals surface area (Å²) in [6, 6.07) is 8.28. The Morgan fingerprint density at radius 2 is 2.18 bits per heavy atom. The van der Waals surface area contributed by atoms with Gasteiger partial charge in [-0.15, -0.1) is 11.3 Å². The molecule has 22 heavy (non-hydrogen) atoms. The van der Waals surface area contributed by atoms with Crippen molar-refractivity contribution in [2.45, 2.75) is 32.7 Å². The molecule has 4 heteroatoms. The Bertz CT molecular complexity index is 983. The van der Waals surface area contributed by atoms with E-state index in [2.05, 4.69) is 34.7 Å². The summed E-state index contributed by atoms with van der Waals surface area (Å²) < 4.78 is 2.25. The molecule has 1 unspecified atom stereocenters. The lowest BCUT2D eigenvalue weighted by Crippen LogP contribution is -2.15. The third kappa shape index (κ3) is 1.56. The largest absolute Gasteiger partial charge is 0.312 e. The fourth-order valence-corrected chi connectivity index (χ4v) is 5.36. The second-order valence-corrected chi connectivity index (χ2v) is 7.60. The Balaban J connectivity index is 1.85. The summed E-state index contributed by atoms with van der Waals surface area (Å²) in [6.45, 7) is 3.14. The number of benzene rings is 1. The van der Waals surface area contributed by atoms with Crippen molar-refractivity contribution < 1.29 is 0 Å². The van der Waals surface area contributed by atoms with Crippen LogP contribution in [0.15, 0.2) is 29.1 Å². The van der Waals surface area contributed by atoms with Crippen LogP contribution >= 0.6 is 11.3 Å². The SMILES string of the molecule is CC1CCc2c(sc3c2c(=O)nc2n3Cc3ccccc3-2)C1. The summed E-state index contributed by atoms with van der Waals surface area (Å²) in [6.07, 6.45) is 3.32. The Hall–Kier alpha value is -1.94. The van der Waals surface area contributed by atoms with Crippen molar-refractivity contribution in [1.82, 2.24) is 9.55 Å². The molecule has 3 nitrogen and oxygen atoms in total. The number of aryl methyl sites for hydroxylation is 1. The van der Waals surface area contributed by atoms with E-state index in [9.17, 15) is 4.79 Å². The lowest BCUT2D eigenvalue weighted by molar-refractivity contribution is 0.509. The van der Waals surface area contributed by atoms with Crippen molar-refractivity contribution in [1.29, 1.82) is 0 Å². The molecule has 0 N–H and O–H groups in total. The lowest BCUT2D eigenvalue weighted by Gasteiger charge is -2.17. The summed E-state index contributed by atoms with van der Waals surface area (Å²) in [7, 11) is 0. The quantitative estimate of drug-likeness (QED) is 0.497. The van der Waals surface area contributed by atoms with E-state index >= 15 is 0 Å². The third-order valence-electron chi connectivity index (χ3n) is 5.00. The molecule has 1 aromatic carbocycles. The van der Waals surface area contributed by atoms with Gasteiger partial charge in [-0.25, -0.2) is 0 Å². The van der Waals surface area contributed by atoms with Crippen LogP contribution < -0.4 is 5.56 Å². The first-order valence-electron chi connectivity index (χ1n) is 7.85. The highest BCUT2D eigenvalue weighted by Gasteiger charge is 2.27. The van der Waals surface area contributed by atoms with Crippen LogP contribution in [-0.2, 0) is 19.4 Å².